The summed E-state index contributed by atoms with van der Waals surface area (Å²) in [5.74, 6) is 1.45. The Labute approximate surface area is 145 Å². The Kier molecular flexibility index (Phi) is 7.13. The van der Waals surface area contributed by atoms with Gasteiger partial charge in [-0.25, -0.2) is 8.78 Å². The summed E-state index contributed by atoms with van der Waals surface area (Å²) in [7, 11) is 0. The lowest BCUT2D eigenvalue weighted by molar-refractivity contribution is 0.475. The average molecular weight is 359 g/mol. The molecule has 0 radical (unpaired) electrons. The zero-order chi connectivity index (χ0) is 16.7. The van der Waals surface area contributed by atoms with E-state index in [1.807, 2.05) is 0 Å². The van der Waals surface area contributed by atoms with Crippen molar-refractivity contribution in [1.29, 1.82) is 0 Å². The highest BCUT2D eigenvalue weighted by molar-refractivity contribution is 6.18. The molecule has 0 atom stereocenters. The third-order valence-corrected chi connectivity index (χ3v) is 3.96. The molecule has 0 saturated heterocycles. The van der Waals surface area contributed by atoms with Gasteiger partial charge in [0.05, 0.1) is 0 Å². The van der Waals surface area contributed by atoms with Gasteiger partial charge in [0, 0.05) is 11.8 Å². The van der Waals surface area contributed by atoms with Gasteiger partial charge in [-0.2, -0.15) is 0 Å². The number of hydrogen-bond acceptors (Lipinski definition) is 1. The van der Waals surface area contributed by atoms with E-state index in [-0.39, 0.29) is 11.6 Å². The molecule has 2 rings (SSSR count). The van der Waals surface area contributed by atoms with Crippen molar-refractivity contribution in [2.24, 2.45) is 0 Å². The summed E-state index contributed by atoms with van der Waals surface area (Å²) < 4.78 is 33.2. The lowest BCUT2D eigenvalue weighted by Gasteiger charge is -2.10. The van der Waals surface area contributed by atoms with Gasteiger partial charge in [-0.05, 0) is 73.2 Å². The average Bonchev–Trinajstić information content (AvgIpc) is 2.55. The van der Waals surface area contributed by atoms with Crippen LogP contribution in [-0.2, 0) is 12.8 Å². The minimum Gasteiger partial charge on any atom is -0.457 e. The molecule has 0 aliphatic heterocycles. The van der Waals surface area contributed by atoms with Crippen LogP contribution in [0.4, 0.5) is 8.78 Å². The standard InChI is InChI=1S/C18H18Cl2F2O/c19-9-1-3-13-11-15(5-7-17(13)21)23-16-6-8-18(22)14(12-16)4-2-10-20/h5-8,11-12H,1-4,9-10H2. The molecule has 2 aromatic rings. The van der Waals surface area contributed by atoms with Crippen molar-refractivity contribution < 1.29 is 13.5 Å². The summed E-state index contributed by atoms with van der Waals surface area (Å²) >= 11 is 11.3. The molecule has 2 aromatic carbocycles. The van der Waals surface area contributed by atoms with E-state index in [0.29, 0.717) is 60.1 Å². The van der Waals surface area contributed by atoms with Crippen molar-refractivity contribution in [2.75, 3.05) is 11.8 Å². The van der Waals surface area contributed by atoms with Crippen molar-refractivity contribution in [3.63, 3.8) is 0 Å². The van der Waals surface area contributed by atoms with Crippen LogP contribution in [0.15, 0.2) is 36.4 Å². The first-order valence-corrected chi connectivity index (χ1v) is 8.57. The van der Waals surface area contributed by atoms with Crippen LogP contribution in [0.3, 0.4) is 0 Å². The predicted octanol–water partition coefficient (Wildman–Crippen LogP) is 6.10. The maximum absolute atomic E-state index is 13.7. The molecule has 124 valence electrons. The van der Waals surface area contributed by atoms with Crippen LogP contribution in [0.1, 0.15) is 24.0 Å². The molecule has 0 saturated carbocycles. The van der Waals surface area contributed by atoms with Crippen LogP contribution in [0.2, 0.25) is 0 Å². The second-order valence-corrected chi connectivity index (χ2v) is 5.95. The van der Waals surface area contributed by atoms with Crippen LogP contribution < -0.4 is 4.74 Å². The van der Waals surface area contributed by atoms with Crippen LogP contribution >= 0.6 is 23.2 Å². The molecular formula is C18H18Cl2F2O. The highest BCUT2D eigenvalue weighted by Gasteiger charge is 2.08. The Morgan fingerprint density at radius 2 is 1.17 bits per heavy atom. The molecule has 0 aliphatic rings. The fourth-order valence-corrected chi connectivity index (χ4v) is 2.53. The van der Waals surface area contributed by atoms with E-state index in [9.17, 15) is 8.78 Å². The summed E-state index contributed by atoms with van der Waals surface area (Å²) in [6.07, 6.45) is 2.50. The number of halogens is 4. The first-order chi connectivity index (χ1) is 11.1. The number of aryl methyl sites for hydroxylation is 2. The van der Waals surface area contributed by atoms with E-state index < -0.39 is 0 Å². The second kappa shape index (κ2) is 9.09. The largest absolute Gasteiger partial charge is 0.457 e. The topological polar surface area (TPSA) is 9.23 Å². The number of hydrogen-bond donors (Lipinski definition) is 0. The van der Waals surface area contributed by atoms with Gasteiger partial charge in [0.15, 0.2) is 0 Å². The fourth-order valence-electron chi connectivity index (χ4n) is 2.26. The lowest BCUT2D eigenvalue weighted by atomic mass is 10.1. The molecule has 0 fully saturated rings. The van der Waals surface area contributed by atoms with E-state index >= 15 is 0 Å². The highest BCUT2D eigenvalue weighted by Crippen LogP contribution is 2.26. The predicted molar refractivity (Wildman–Crippen MR) is 91.0 cm³/mol. The van der Waals surface area contributed by atoms with Gasteiger partial charge < -0.3 is 4.74 Å². The molecule has 0 heterocycles. The zero-order valence-electron chi connectivity index (χ0n) is 12.6. The molecule has 5 heteroatoms. The molecule has 0 N–H and O–H groups in total. The summed E-state index contributed by atoms with van der Waals surface area (Å²) in [4.78, 5) is 0. The molecule has 23 heavy (non-hydrogen) atoms. The number of ether oxygens (including phenoxy) is 1. The summed E-state index contributed by atoms with van der Waals surface area (Å²) in [5.41, 5.74) is 1.13. The molecule has 0 spiro atoms. The van der Waals surface area contributed by atoms with Crippen molar-refractivity contribution in [2.45, 2.75) is 25.7 Å². The summed E-state index contributed by atoms with van der Waals surface area (Å²) in [6, 6.07) is 9.17. The maximum atomic E-state index is 13.7. The molecule has 0 bridgehead atoms. The Bertz CT molecular complexity index is 591. The van der Waals surface area contributed by atoms with E-state index in [1.54, 1.807) is 24.3 Å². The van der Waals surface area contributed by atoms with Crippen molar-refractivity contribution in [3.05, 3.63) is 59.2 Å². The first kappa shape index (κ1) is 18.0. The highest BCUT2D eigenvalue weighted by atomic mass is 35.5. The van der Waals surface area contributed by atoms with Gasteiger partial charge in [-0.15, -0.1) is 23.2 Å². The van der Waals surface area contributed by atoms with Crippen LogP contribution in [-0.4, -0.2) is 11.8 Å². The smallest absolute Gasteiger partial charge is 0.127 e. The van der Waals surface area contributed by atoms with E-state index in [0.717, 1.165) is 0 Å². The first-order valence-electron chi connectivity index (χ1n) is 7.50. The van der Waals surface area contributed by atoms with Crippen LogP contribution in [0, 0.1) is 11.6 Å². The van der Waals surface area contributed by atoms with Gasteiger partial charge in [-0.3, -0.25) is 0 Å². The van der Waals surface area contributed by atoms with Crippen molar-refractivity contribution in [1.82, 2.24) is 0 Å². The van der Waals surface area contributed by atoms with Gasteiger partial charge >= 0.3 is 0 Å². The second-order valence-electron chi connectivity index (χ2n) is 5.19. The van der Waals surface area contributed by atoms with E-state index in [1.165, 1.54) is 12.1 Å². The molecule has 1 nitrogen and oxygen atoms in total. The minimum atomic E-state index is -0.274. The normalized spacial score (nSPS) is 10.8. The van der Waals surface area contributed by atoms with E-state index in [2.05, 4.69) is 0 Å². The Morgan fingerprint density at radius 3 is 1.57 bits per heavy atom. The number of benzene rings is 2. The quantitative estimate of drug-likeness (QED) is 0.518. The monoisotopic (exact) mass is 358 g/mol. The van der Waals surface area contributed by atoms with Crippen molar-refractivity contribution in [3.8, 4) is 11.5 Å². The van der Waals surface area contributed by atoms with E-state index in [4.69, 9.17) is 27.9 Å². The van der Waals surface area contributed by atoms with Crippen molar-refractivity contribution >= 4 is 23.2 Å². The summed E-state index contributed by atoms with van der Waals surface area (Å²) in [6.45, 7) is 0. The molecular weight excluding hydrogens is 341 g/mol. The van der Waals surface area contributed by atoms with Gasteiger partial charge in [-0.1, -0.05) is 0 Å². The van der Waals surface area contributed by atoms with Crippen LogP contribution in [0.25, 0.3) is 0 Å². The Balaban J connectivity index is 2.15. The minimum absolute atomic E-state index is 0.274. The molecule has 0 aliphatic carbocycles. The SMILES string of the molecule is Fc1ccc(Oc2ccc(F)c(CCCCl)c2)cc1CCCCl. The Morgan fingerprint density at radius 1 is 0.739 bits per heavy atom. The number of alkyl halides is 2. The number of rotatable bonds is 8. The third kappa shape index (κ3) is 5.36. The van der Waals surface area contributed by atoms with Gasteiger partial charge in [0.25, 0.3) is 0 Å². The zero-order valence-corrected chi connectivity index (χ0v) is 14.1. The summed E-state index contributed by atoms with van der Waals surface area (Å²) in [5, 5.41) is 0. The van der Waals surface area contributed by atoms with Gasteiger partial charge in [0.2, 0.25) is 0 Å². The Hall–Kier alpha value is -1.32. The lowest BCUT2D eigenvalue weighted by Crippen LogP contribution is -1.95. The van der Waals surface area contributed by atoms with Crippen LogP contribution in [0.5, 0.6) is 11.5 Å². The fraction of sp³-hybridized carbons (Fsp3) is 0.333. The molecule has 0 amide bonds. The van der Waals surface area contributed by atoms with Gasteiger partial charge in [0.1, 0.15) is 23.1 Å². The molecule has 0 unspecified atom stereocenters. The third-order valence-electron chi connectivity index (χ3n) is 3.43. The maximum Gasteiger partial charge on any atom is 0.127 e. The molecule has 0 aromatic heterocycles.